The van der Waals surface area contributed by atoms with E-state index in [2.05, 4.69) is 14.5 Å². The van der Waals surface area contributed by atoms with Crippen molar-refractivity contribution in [2.24, 2.45) is 11.1 Å². The minimum atomic E-state index is -1.38. The maximum absolute atomic E-state index is 11.3. The quantitative estimate of drug-likeness (QED) is 0.733. The molecule has 0 spiro atoms. The molecule has 3 heterocycles. The van der Waals surface area contributed by atoms with Crippen LogP contribution in [-0.2, 0) is 17.7 Å². The first-order chi connectivity index (χ1) is 12.1. The van der Waals surface area contributed by atoms with Gasteiger partial charge < -0.3 is 14.0 Å². The molecule has 9 heteroatoms. The lowest BCUT2D eigenvalue weighted by atomic mass is 10.0. The van der Waals surface area contributed by atoms with Crippen LogP contribution in [0.5, 0.6) is 11.5 Å². The van der Waals surface area contributed by atoms with E-state index in [4.69, 9.17) is 14.6 Å². The number of nitrogens with zero attached hydrogens (tertiary/aromatic N) is 4. The third-order valence-corrected chi connectivity index (χ3v) is 5.39. The van der Waals surface area contributed by atoms with Gasteiger partial charge in [0.15, 0.2) is 22.7 Å². The van der Waals surface area contributed by atoms with Gasteiger partial charge in [0.2, 0.25) is 0 Å². The zero-order chi connectivity index (χ0) is 17.6. The van der Waals surface area contributed by atoms with Crippen molar-refractivity contribution in [1.29, 1.82) is 0 Å². The van der Waals surface area contributed by atoms with Crippen molar-refractivity contribution in [3.63, 3.8) is 0 Å². The van der Waals surface area contributed by atoms with E-state index in [1.165, 1.54) is 0 Å². The molecule has 3 aromatic rings. The van der Waals surface area contributed by atoms with E-state index in [-0.39, 0.29) is 0 Å². The molecule has 1 saturated heterocycles. The number of imidazole rings is 1. The van der Waals surface area contributed by atoms with Crippen LogP contribution in [0.3, 0.4) is 0 Å². The Kier molecular flexibility index (Phi) is 4.06. The van der Waals surface area contributed by atoms with E-state index >= 15 is 0 Å². The average molecular weight is 361 g/mol. The van der Waals surface area contributed by atoms with Gasteiger partial charge in [-0.05, 0) is 6.07 Å². The van der Waals surface area contributed by atoms with Crippen LogP contribution in [0.15, 0.2) is 24.7 Å². The third kappa shape index (κ3) is 2.74. The van der Waals surface area contributed by atoms with E-state index in [0.29, 0.717) is 17.4 Å². The number of nitrogens with two attached hydrogens (primary N) is 1. The molecule has 1 fully saturated rings. The number of hydrogen-bond acceptors (Lipinski definition) is 5. The number of fused-ring (bicyclic) bond motifs is 3. The van der Waals surface area contributed by atoms with Crippen LogP contribution >= 0.6 is 0 Å². The van der Waals surface area contributed by atoms with Crippen molar-refractivity contribution in [1.82, 2.24) is 18.8 Å². The van der Waals surface area contributed by atoms with Gasteiger partial charge in [0.1, 0.15) is 5.52 Å². The Bertz CT molecular complexity index is 967. The minimum Gasteiger partial charge on any atom is -0.493 e. The summed E-state index contributed by atoms with van der Waals surface area (Å²) in [5, 5.41) is 6.37. The van der Waals surface area contributed by atoms with E-state index < -0.39 is 11.2 Å². The first-order valence-corrected chi connectivity index (χ1v) is 9.04. The number of benzene rings is 1. The molecule has 1 atom stereocenters. The molecule has 0 saturated carbocycles. The SMILES string of the molecule is COc1cc2ncc3ncn(CC4CN(S(N)=O)C4)c3c2cc1OC. The molecule has 4 rings (SSSR count). The first kappa shape index (κ1) is 16.2. The van der Waals surface area contributed by atoms with E-state index in [9.17, 15) is 4.21 Å². The highest BCUT2D eigenvalue weighted by molar-refractivity contribution is 7.80. The number of pyridine rings is 1. The summed E-state index contributed by atoms with van der Waals surface area (Å²) in [5.74, 6) is 1.70. The van der Waals surface area contributed by atoms with Gasteiger partial charge in [0, 0.05) is 37.0 Å². The molecule has 1 aliphatic heterocycles. The Morgan fingerprint density at radius 2 is 1.92 bits per heavy atom. The zero-order valence-electron chi connectivity index (χ0n) is 14.0. The lowest BCUT2D eigenvalue weighted by molar-refractivity contribution is 0.190. The number of methoxy groups -OCH3 is 2. The summed E-state index contributed by atoms with van der Waals surface area (Å²) in [4.78, 5) is 8.94. The summed E-state index contributed by atoms with van der Waals surface area (Å²) in [7, 11) is 3.22. The topological polar surface area (TPSA) is 95.5 Å². The number of ether oxygens (including phenoxy) is 2. The van der Waals surface area contributed by atoms with Gasteiger partial charge >= 0.3 is 0 Å². The second kappa shape index (κ2) is 6.25. The summed E-state index contributed by atoms with van der Waals surface area (Å²) < 4.78 is 25.9. The van der Waals surface area contributed by atoms with Gasteiger partial charge in [0.25, 0.3) is 0 Å². The molecule has 8 nitrogen and oxygen atoms in total. The molecule has 25 heavy (non-hydrogen) atoms. The Balaban J connectivity index is 1.75. The van der Waals surface area contributed by atoms with Gasteiger partial charge in [-0.1, -0.05) is 0 Å². The molecular formula is C16H19N5O3S. The lowest BCUT2D eigenvalue weighted by Gasteiger charge is -2.36. The summed E-state index contributed by atoms with van der Waals surface area (Å²) >= 11 is -1.38. The fraction of sp³-hybridized carbons (Fsp3) is 0.375. The monoisotopic (exact) mass is 361 g/mol. The van der Waals surface area contributed by atoms with Crippen LogP contribution in [0, 0.1) is 5.92 Å². The zero-order valence-corrected chi connectivity index (χ0v) is 14.8. The fourth-order valence-electron chi connectivity index (χ4n) is 3.28. The maximum atomic E-state index is 11.3. The van der Waals surface area contributed by atoms with Crippen molar-refractivity contribution in [3.05, 3.63) is 24.7 Å². The van der Waals surface area contributed by atoms with Gasteiger partial charge in [0.05, 0.1) is 37.8 Å². The van der Waals surface area contributed by atoms with Crippen molar-refractivity contribution < 1.29 is 13.7 Å². The van der Waals surface area contributed by atoms with Gasteiger partial charge in [-0.3, -0.25) is 4.98 Å². The Hall–Kier alpha value is -2.23. The van der Waals surface area contributed by atoms with Crippen molar-refractivity contribution in [2.75, 3.05) is 27.3 Å². The van der Waals surface area contributed by atoms with Gasteiger partial charge in [-0.15, -0.1) is 0 Å². The standard InChI is InChI=1S/C16H19N5O3S/c1-23-14-3-11-12(4-15(14)24-2)18-5-13-16(11)20(9-19-13)6-10-7-21(8-10)25(17)22/h3-5,9-10H,6-8,17H2,1-2H3. The molecule has 0 bridgehead atoms. The molecule has 2 N–H and O–H groups in total. The second-order valence-electron chi connectivity index (χ2n) is 6.10. The van der Waals surface area contributed by atoms with Crippen LogP contribution < -0.4 is 14.6 Å². The molecule has 1 aromatic carbocycles. The lowest BCUT2D eigenvalue weighted by Crippen LogP contribution is -2.50. The highest BCUT2D eigenvalue weighted by Crippen LogP contribution is 2.34. The van der Waals surface area contributed by atoms with Gasteiger partial charge in [-0.25, -0.2) is 18.6 Å². The fourth-order valence-corrected chi connectivity index (χ4v) is 4.00. The molecule has 0 aliphatic carbocycles. The minimum absolute atomic E-state index is 0.397. The van der Waals surface area contributed by atoms with Crippen LogP contribution in [0.25, 0.3) is 21.9 Å². The second-order valence-corrected chi connectivity index (χ2v) is 7.17. The van der Waals surface area contributed by atoms with Crippen LogP contribution in [0.4, 0.5) is 0 Å². The van der Waals surface area contributed by atoms with Crippen molar-refractivity contribution in [3.8, 4) is 11.5 Å². The van der Waals surface area contributed by atoms with Crippen molar-refractivity contribution in [2.45, 2.75) is 6.54 Å². The molecule has 2 aromatic heterocycles. The summed E-state index contributed by atoms with van der Waals surface area (Å²) in [6.07, 6.45) is 3.59. The van der Waals surface area contributed by atoms with Gasteiger partial charge in [-0.2, -0.15) is 0 Å². The Morgan fingerprint density at radius 3 is 2.60 bits per heavy atom. The normalized spacial score (nSPS) is 16.9. The predicted octanol–water partition coefficient (Wildman–Crippen LogP) is 1.07. The van der Waals surface area contributed by atoms with E-state index in [1.54, 1.807) is 24.7 Å². The number of hydrogen-bond donors (Lipinski definition) is 1. The van der Waals surface area contributed by atoms with Crippen molar-refractivity contribution >= 4 is 33.1 Å². The summed E-state index contributed by atoms with van der Waals surface area (Å²) in [6, 6.07) is 3.80. The smallest absolute Gasteiger partial charge is 0.167 e. The predicted molar refractivity (Wildman–Crippen MR) is 95.5 cm³/mol. The third-order valence-electron chi connectivity index (χ3n) is 4.58. The highest BCUT2D eigenvalue weighted by atomic mass is 32.2. The maximum Gasteiger partial charge on any atom is 0.167 e. The molecule has 0 radical (unpaired) electrons. The largest absolute Gasteiger partial charge is 0.493 e. The highest BCUT2D eigenvalue weighted by Gasteiger charge is 2.30. The summed E-state index contributed by atoms with van der Waals surface area (Å²) in [6.45, 7) is 2.24. The molecule has 1 aliphatic rings. The molecular weight excluding hydrogens is 342 g/mol. The van der Waals surface area contributed by atoms with E-state index in [0.717, 1.165) is 41.6 Å². The van der Waals surface area contributed by atoms with Crippen LogP contribution in [-0.4, -0.2) is 50.4 Å². The summed E-state index contributed by atoms with van der Waals surface area (Å²) in [5.41, 5.74) is 2.67. The Labute approximate surface area is 147 Å². The van der Waals surface area contributed by atoms with E-state index in [1.807, 2.05) is 18.5 Å². The van der Waals surface area contributed by atoms with Crippen LogP contribution in [0.2, 0.25) is 0 Å². The first-order valence-electron chi connectivity index (χ1n) is 7.87. The average Bonchev–Trinajstić information content (AvgIpc) is 2.99. The number of rotatable bonds is 5. The Morgan fingerprint density at radius 1 is 1.20 bits per heavy atom. The molecule has 0 amide bonds. The molecule has 1 unspecified atom stereocenters. The van der Waals surface area contributed by atoms with Crippen LogP contribution in [0.1, 0.15) is 0 Å². The molecule has 132 valence electrons. The number of aromatic nitrogens is 3.